The fourth-order valence-corrected chi connectivity index (χ4v) is 4.16. The van der Waals surface area contributed by atoms with E-state index in [4.69, 9.17) is 14.2 Å². The van der Waals surface area contributed by atoms with Gasteiger partial charge in [-0.15, -0.1) is 0 Å². The molecule has 5 rings (SSSR count). The van der Waals surface area contributed by atoms with Crippen molar-refractivity contribution >= 4 is 12.2 Å². The Morgan fingerprint density at radius 1 is 0.743 bits per heavy atom. The van der Waals surface area contributed by atoms with Gasteiger partial charge in [0.15, 0.2) is 0 Å². The van der Waals surface area contributed by atoms with Gasteiger partial charge in [-0.3, -0.25) is 0 Å². The Kier molecular flexibility index (Phi) is 9.17. The zero-order chi connectivity index (χ0) is 24.3. The number of hydrogen-bond acceptors (Lipinski definition) is 5. The molecule has 3 aliphatic rings. The third kappa shape index (κ3) is 8.14. The van der Waals surface area contributed by atoms with Gasteiger partial charge < -0.3 is 24.0 Å². The van der Waals surface area contributed by atoms with E-state index in [1.807, 2.05) is 60.7 Å². The molecule has 0 aromatic heterocycles. The number of ether oxygens (including phenoxy) is 3. The smallest absolute Gasteiger partial charge is 0.410 e. The molecule has 0 bridgehead atoms. The fourth-order valence-electron chi connectivity index (χ4n) is 4.16. The van der Waals surface area contributed by atoms with Gasteiger partial charge in [0.2, 0.25) is 0 Å². The molecule has 2 unspecified atom stereocenters. The highest BCUT2D eigenvalue weighted by Crippen LogP contribution is 2.30. The number of hydrogen-bond donors (Lipinski definition) is 0. The van der Waals surface area contributed by atoms with Crippen molar-refractivity contribution in [3.63, 3.8) is 0 Å². The van der Waals surface area contributed by atoms with Crippen molar-refractivity contribution in [2.24, 2.45) is 0 Å². The summed E-state index contributed by atoms with van der Waals surface area (Å²) in [6, 6.07) is 19.5. The molecule has 0 spiro atoms. The Bertz CT molecular complexity index is 956. The van der Waals surface area contributed by atoms with E-state index in [9.17, 15) is 9.59 Å². The maximum Gasteiger partial charge on any atom is 0.410 e. The van der Waals surface area contributed by atoms with Crippen LogP contribution in [0.2, 0.25) is 0 Å². The molecule has 2 aromatic rings. The summed E-state index contributed by atoms with van der Waals surface area (Å²) in [5, 5.41) is 0. The lowest BCUT2D eigenvalue weighted by Gasteiger charge is -2.20. The van der Waals surface area contributed by atoms with Crippen LogP contribution in [0.15, 0.2) is 72.8 Å². The van der Waals surface area contributed by atoms with E-state index in [2.05, 4.69) is 12.2 Å². The van der Waals surface area contributed by atoms with E-state index in [0.717, 1.165) is 56.4 Å². The van der Waals surface area contributed by atoms with Crippen LogP contribution >= 0.6 is 0 Å². The van der Waals surface area contributed by atoms with Gasteiger partial charge in [0.25, 0.3) is 0 Å². The number of likely N-dealkylation sites (tertiary alicyclic amines) is 1. The molecule has 2 amide bonds. The van der Waals surface area contributed by atoms with E-state index in [1.54, 1.807) is 9.80 Å². The van der Waals surface area contributed by atoms with Gasteiger partial charge in [-0.25, -0.2) is 9.59 Å². The van der Waals surface area contributed by atoms with Gasteiger partial charge in [-0.2, -0.15) is 0 Å². The summed E-state index contributed by atoms with van der Waals surface area (Å²) in [7, 11) is 0. The largest absolute Gasteiger partial charge is 0.445 e. The summed E-state index contributed by atoms with van der Waals surface area (Å²) in [5.41, 5.74) is 2.04. The van der Waals surface area contributed by atoms with Gasteiger partial charge >= 0.3 is 12.2 Å². The van der Waals surface area contributed by atoms with Crippen molar-refractivity contribution in [1.29, 1.82) is 0 Å². The number of amides is 2. The topological polar surface area (TPSA) is 71.6 Å². The van der Waals surface area contributed by atoms with E-state index in [1.165, 1.54) is 0 Å². The highest BCUT2D eigenvalue weighted by molar-refractivity contribution is 5.68. The Morgan fingerprint density at radius 3 is 1.86 bits per heavy atom. The molecule has 35 heavy (non-hydrogen) atoms. The predicted molar refractivity (Wildman–Crippen MR) is 133 cm³/mol. The summed E-state index contributed by atoms with van der Waals surface area (Å²) < 4.78 is 16.1. The zero-order valence-corrected chi connectivity index (χ0v) is 20.1. The third-order valence-electron chi connectivity index (χ3n) is 6.23. The maximum atomic E-state index is 11.9. The van der Waals surface area contributed by atoms with Crippen molar-refractivity contribution in [3.8, 4) is 0 Å². The second-order valence-corrected chi connectivity index (χ2v) is 8.92. The van der Waals surface area contributed by atoms with Crippen LogP contribution in [0.25, 0.3) is 0 Å². The van der Waals surface area contributed by atoms with Crippen molar-refractivity contribution < 1.29 is 23.8 Å². The average Bonchev–Trinajstić information content (AvgIpc) is 3.70. The molecule has 186 valence electrons. The molecule has 7 nitrogen and oxygen atoms in total. The number of carbonyl (C=O) groups is 2. The molecule has 7 heteroatoms. The molecule has 3 heterocycles. The van der Waals surface area contributed by atoms with Gasteiger partial charge in [0, 0.05) is 19.6 Å². The summed E-state index contributed by atoms with van der Waals surface area (Å²) in [5.74, 6) is 0. The Labute approximate surface area is 207 Å². The van der Waals surface area contributed by atoms with Gasteiger partial charge in [0.05, 0.1) is 12.6 Å². The van der Waals surface area contributed by atoms with Crippen molar-refractivity contribution in [2.45, 2.75) is 51.1 Å². The summed E-state index contributed by atoms with van der Waals surface area (Å²) >= 11 is 0. The second kappa shape index (κ2) is 13.0. The zero-order valence-electron chi connectivity index (χ0n) is 20.1. The standard InChI is InChI=1S/C14H17NO3.C14H17NO2/c16-14(17-10-11-5-2-1-3-6-11)15-8-4-7-12-13(9-15)18-12;16-14(15-10-6-1-2-7-11-15)17-12-13-8-4-3-5-9-13/h1-3,5-6,12-13H,4,7-10H2;1-5,8-9H,6-7,10-12H2. The fraction of sp³-hybridized carbons (Fsp3) is 0.429. The minimum atomic E-state index is -0.227. The molecule has 2 atom stereocenters. The van der Waals surface area contributed by atoms with Crippen molar-refractivity contribution in [3.05, 3.63) is 83.9 Å². The summed E-state index contributed by atoms with van der Waals surface area (Å²) in [6.07, 6.45) is 8.33. The van der Waals surface area contributed by atoms with Gasteiger partial charge in [-0.1, -0.05) is 72.8 Å². The number of epoxide rings is 1. The van der Waals surface area contributed by atoms with Crippen LogP contribution in [0.1, 0.15) is 36.8 Å². The Morgan fingerprint density at radius 2 is 1.29 bits per heavy atom. The molecule has 2 aromatic carbocycles. The number of rotatable bonds is 4. The first-order chi connectivity index (χ1) is 17.2. The molecule has 0 aliphatic carbocycles. The normalized spacial score (nSPS) is 20.9. The van der Waals surface area contributed by atoms with Crippen LogP contribution in [0, 0.1) is 0 Å². The molecule has 0 saturated carbocycles. The molecular weight excluding hydrogens is 444 g/mol. The van der Waals surface area contributed by atoms with Crippen LogP contribution in [0.5, 0.6) is 0 Å². The summed E-state index contributed by atoms with van der Waals surface area (Å²) in [6.45, 7) is 3.66. The molecule has 3 aliphatic heterocycles. The second-order valence-electron chi connectivity index (χ2n) is 8.92. The van der Waals surface area contributed by atoms with Crippen LogP contribution in [0.4, 0.5) is 9.59 Å². The molecular formula is C28H34N2O5. The lowest BCUT2D eigenvalue weighted by Crippen LogP contribution is -2.34. The first kappa shape index (κ1) is 24.8. The molecule has 2 saturated heterocycles. The Hall–Kier alpha value is -3.32. The highest BCUT2D eigenvalue weighted by Gasteiger charge is 2.42. The maximum absolute atomic E-state index is 11.9. The average molecular weight is 479 g/mol. The minimum absolute atomic E-state index is 0.211. The predicted octanol–water partition coefficient (Wildman–Crippen LogP) is 5.16. The quantitative estimate of drug-likeness (QED) is 0.448. The lowest BCUT2D eigenvalue weighted by atomic mass is 10.2. The van der Waals surface area contributed by atoms with E-state index < -0.39 is 0 Å². The summed E-state index contributed by atoms with van der Waals surface area (Å²) in [4.78, 5) is 27.3. The van der Waals surface area contributed by atoms with Crippen LogP contribution in [0.3, 0.4) is 0 Å². The van der Waals surface area contributed by atoms with Gasteiger partial charge in [-0.05, 0) is 36.8 Å². The van der Waals surface area contributed by atoms with Crippen molar-refractivity contribution in [2.75, 3.05) is 26.2 Å². The first-order valence-electron chi connectivity index (χ1n) is 12.4. The highest BCUT2D eigenvalue weighted by atomic mass is 16.6. The van der Waals surface area contributed by atoms with Crippen LogP contribution < -0.4 is 0 Å². The van der Waals surface area contributed by atoms with Crippen molar-refractivity contribution in [1.82, 2.24) is 9.80 Å². The minimum Gasteiger partial charge on any atom is -0.445 e. The van der Waals surface area contributed by atoms with Crippen LogP contribution in [-0.2, 0) is 27.4 Å². The lowest BCUT2D eigenvalue weighted by molar-refractivity contribution is 0.0922. The van der Waals surface area contributed by atoms with E-state index >= 15 is 0 Å². The first-order valence-corrected chi connectivity index (χ1v) is 12.4. The number of benzene rings is 2. The monoisotopic (exact) mass is 478 g/mol. The van der Waals surface area contributed by atoms with E-state index in [0.29, 0.717) is 25.9 Å². The van der Waals surface area contributed by atoms with Gasteiger partial charge in [0.1, 0.15) is 19.3 Å². The molecule has 2 fully saturated rings. The third-order valence-corrected chi connectivity index (χ3v) is 6.23. The molecule has 0 N–H and O–H groups in total. The molecule has 0 radical (unpaired) electrons. The van der Waals surface area contributed by atoms with E-state index in [-0.39, 0.29) is 18.3 Å². The number of carbonyl (C=O) groups excluding carboxylic acids is 2. The number of nitrogens with zero attached hydrogens (tertiary/aromatic N) is 2. The number of fused-ring (bicyclic) bond motifs is 1. The Balaban J connectivity index is 0.000000165. The SMILES string of the molecule is O=C(OCc1ccccc1)N1CCC=CCC1.O=C(OCc1ccccc1)N1CCCC2OC2C1. The van der Waals surface area contributed by atoms with Crippen LogP contribution in [-0.4, -0.2) is 60.4 Å².